The van der Waals surface area contributed by atoms with Gasteiger partial charge in [0.1, 0.15) is 17.6 Å². The Morgan fingerprint density at radius 2 is 2.16 bits per heavy atom. The molecule has 0 unspecified atom stereocenters. The van der Waals surface area contributed by atoms with Crippen molar-refractivity contribution < 1.29 is 23.6 Å². The largest absolute Gasteiger partial charge is 0.354 e. The summed E-state index contributed by atoms with van der Waals surface area (Å²) in [5.74, 6) is -0.981. The van der Waals surface area contributed by atoms with Gasteiger partial charge in [-0.05, 0) is 34.1 Å². The molecule has 0 fully saturated rings. The van der Waals surface area contributed by atoms with Crippen LogP contribution in [0.1, 0.15) is 28.7 Å². The molecule has 0 aliphatic carbocycles. The molecule has 4 amide bonds. The number of hydrogen-bond donors (Lipinski definition) is 2. The number of aromatic nitrogens is 2. The number of fused-ring (bicyclic) bond motifs is 3. The first kappa shape index (κ1) is 22.2. The van der Waals surface area contributed by atoms with E-state index in [0.29, 0.717) is 29.9 Å². The number of amides is 4. The van der Waals surface area contributed by atoms with E-state index in [0.717, 1.165) is 10.8 Å². The van der Waals surface area contributed by atoms with Crippen molar-refractivity contribution in [2.24, 2.45) is 0 Å². The maximum atomic E-state index is 13.5. The van der Waals surface area contributed by atoms with Crippen LogP contribution < -0.4 is 10.6 Å². The molecule has 1 aromatic carbocycles. The van der Waals surface area contributed by atoms with E-state index < -0.39 is 11.9 Å². The van der Waals surface area contributed by atoms with Crippen molar-refractivity contribution in [3.63, 3.8) is 0 Å². The zero-order chi connectivity index (χ0) is 23.0. The van der Waals surface area contributed by atoms with E-state index in [1.807, 2.05) is 0 Å². The number of halogens is 2. The number of nitrogens with one attached hydrogen (secondary N) is 2. The minimum atomic E-state index is -0.466. The second-order valence-electron chi connectivity index (χ2n) is 7.65. The Bertz CT molecular complexity index is 1090. The van der Waals surface area contributed by atoms with Crippen LogP contribution in [0.15, 0.2) is 22.7 Å². The van der Waals surface area contributed by atoms with Crippen LogP contribution in [-0.2, 0) is 29.1 Å². The topological polar surface area (TPSA) is 109 Å². The fourth-order valence-electron chi connectivity index (χ4n) is 3.75. The van der Waals surface area contributed by atoms with Gasteiger partial charge in [0.2, 0.25) is 5.91 Å². The highest BCUT2D eigenvalue weighted by Crippen LogP contribution is 2.27. The maximum Gasteiger partial charge on any atom is 0.322 e. The maximum absolute atomic E-state index is 13.5. The van der Waals surface area contributed by atoms with Crippen molar-refractivity contribution in [2.45, 2.75) is 32.5 Å². The van der Waals surface area contributed by atoms with E-state index >= 15 is 0 Å². The summed E-state index contributed by atoms with van der Waals surface area (Å²) in [6, 6.07) is 3.87. The van der Waals surface area contributed by atoms with Gasteiger partial charge in [-0.25, -0.2) is 14.2 Å². The van der Waals surface area contributed by atoms with Gasteiger partial charge in [0.05, 0.1) is 23.3 Å². The molecule has 3 heterocycles. The van der Waals surface area contributed by atoms with Gasteiger partial charge in [-0.2, -0.15) is 5.10 Å². The Morgan fingerprint density at radius 3 is 2.88 bits per heavy atom. The fraction of sp³-hybridized carbons (Fsp3) is 0.400. The van der Waals surface area contributed by atoms with Gasteiger partial charge in [-0.3, -0.25) is 19.1 Å². The van der Waals surface area contributed by atoms with Crippen molar-refractivity contribution in [3.05, 3.63) is 45.4 Å². The highest BCUT2D eigenvalue weighted by Gasteiger charge is 2.35. The molecular weight excluding hydrogens is 487 g/mol. The van der Waals surface area contributed by atoms with Crippen LogP contribution in [0.5, 0.6) is 0 Å². The summed E-state index contributed by atoms with van der Waals surface area (Å²) in [4.78, 5) is 44.3. The Morgan fingerprint density at radius 1 is 1.38 bits per heavy atom. The fourth-order valence-corrected chi connectivity index (χ4v) is 4.13. The van der Waals surface area contributed by atoms with Gasteiger partial charge in [0.15, 0.2) is 0 Å². The molecular formula is C20H22BrFN6O4. The monoisotopic (exact) mass is 508 g/mol. The summed E-state index contributed by atoms with van der Waals surface area (Å²) in [6.45, 7) is 2.56. The number of hydrogen-bond acceptors (Lipinski definition) is 5. The second-order valence-corrected chi connectivity index (χ2v) is 8.51. The van der Waals surface area contributed by atoms with Crippen LogP contribution in [0.4, 0.5) is 14.9 Å². The number of nitrogens with zero attached hydrogens (tertiary/aromatic N) is 4. The molecule has 2 aliphatic rings. The van der Waals surface area contributed by atoms with Crippen LogP contribution in [-0.4, -0.2) is 63.8 Å². The number of urea groups is 1. The molecule has 0 radical (unpaired) electrons. The molecule has 2 aliphatic heterocycles. The second kappa shape index (κ2) is 8.87. The van der Waals surface area contributed by atoms with E-state index in [9.17, 15) is 18.8 Å². The van der Waals surface area contributed by atoms with E-state index in [4.69, 9.17) is 4.84 Å². The molecule has 2 aromatic rings. The van der Waals surface area contributed by atoms with Crippen LogP contribution in [0, 0.1) is 5.82 Å². The number of carbonyl (C=O) groups excluding carboxylic acids is 3. The first-order chi connectivity index (χ1) is 15.2. The van der Waals surface area contributed by atoms with Crippen molar-refractivity contribution >= 4 is 39.5 Å². The summed E-state index contributed by atoms with van der Waals surface area (Å²) in [7, 11) is 1.51. The minimum Gasteiger partial charge on any atom is -0.354 e. The van der Waals surface area contributed by atoms with Crippen LogP contribution in [0.25, 0.3) is 0 Å². The van der Waals surface area contributed by atoms with Gasteiger partial charge in [-0.15, -0.1) is 0 Å². The number of anilines is 1. The van der Waals surface area contributed by atoms with E-state index in [2.05, 4.69) is 31.7 Å². The third-order valence-electron chi connectivity index (χ3n) is 5.31. The molecule has 0 saturated heterocycles. The highest BCUT2D eigenvalue weighted by atomic mass is 79.9. The van der Waals surface area contributed by atoms with E-state index in [1.165, 1.54) is 32.2 Å². The average molecular weight is 509 g/mol. The Balaban J connectivity index is 1.53. The zero-order valence-corrected chi connectivity index (χ0v) is 19.1. The summed E-state index contributed by atoms with van der Waals surface area (Å²) in [5.41, 5.74) is 2.26. The average Bonchev–Trinajstić information content (AvgIpc) is 3.05. The number of hydroxylamine groups is 2. The number of rotatable bonds is 3. The molecule has 4 rings (SSSR count). The lowest BCUT2D eigenvalue weighted by atomic mass is 10.1. The molecule has 1 atom stereocenters. The third kappa shape index (κ3) is 4.46. The van der Waals surface area contributed by atoms with E-state index in [1.54, 1.807) is 9.58 Å². The molecule has 0 saturated carbocycles. The van der Waals surface area contributed by atoms with E-state index in [-0.39, 0.29) is 42.0 Å². The van der Waals surface area contributed by atoms with Crippen LogP contribution in [0.3, 0.4) is 0 Å². The smallest absolute Gasteiger partial charge is 0.322 e. The lowest BCUT2D eigenvalue weighted by Crippen LogP contribution is -2.40. The molecule has 170 valence electrons. The molecule has 0 spiro atoms. The zero-order valence-electron chi connectivity index (χ0n) is 17.5. The molecule has 32 heavy (non-hydrogen) atoms. The number of carbonyl (C=O) groups is 3. The van der Waals surface area contributed by atoms with Gasteiger partial charge < -0.3 is 15.5 Å². The predicted octanol–water partition coefficient (Wildman–Crippen LogP) is 1.90. The predicted molar refractivity (Wildman–Crippen MR) is 115 cm³/mol. The summed E-state index contributed by atoms with van der Waals surface area (Å²) < 4.78 is 15.3. The molecule has 10 nitrogen and oxygen atoms in total. The van der Waals surface area contributed by atoms with Crippen molar-refractivity contribution in [1.82, 2.24) is 25.1 Å². The SMILES string of the molecule is CC(=O)NC[C@@H]1Cn2nc3c(c2C(=O)N(C)O1)CN(C(=O)Nc1ccc(F)c(Br)c1)CC3. The van der Waals surface area contributed by atoms with Gasteiger partial charge >= 0.3 is 6.03 Å². The van der Waals surface area contributed by atoms with Gasteiger partial charge in [-0.1, -0.05) is 0 Å². The molecule has 12 heteroatoms. The lowest BCUT2D eigenvalue weighted by molar-refractivity contribution is -0.148. The minimum absolute atomic E-state index is 0.193. The third-order valence-corrected chi connectivity index (χ3v) is 5.92. The summed E-state index contributed by atoms with van der Waals surface area (Å²) >= 11 is 3.10. The quantitative estimate of drug-likeness (QED) is 0.657. The lowest BCUT2D eigenvalue weighted by Gasteiger charge is -2.27. The molecule has 1 aromatic heterocycles. The summed E-state index contributed by atoms with van der Waals surface area (Å²) in [6.07, 6.45) is 0.0242. The van der Waals surface area contributed by atoms with Crippen molar-refractivity contribution in [2.75, 3.05) is 25.5 Å². The standard InChI is InChI=1S/C20H22BrFN6O4/c1-11(29)23-8-13-9-28-18(19(30)26(2)32-13)14-10-27(6-5-17(14)25-28)20(31)24-12-3-4-16(22)15(21)7-12/h3-4,7,13H,5-6,8-10H2,1-2H3,(H,23,29)(H,24,31)/t13-/m1/s1. The van der Waals surface area contributed by atoms with Crippen LogP contribution >= 0.6 is 15.9 Å². The highest BCUT2D eigenvalue weighted by molar-refractivity contribution is 9.10. The van der Waals surface area contributed by atoms with Crippen LogP contribution in [0.2, 0.25) is 0 Å². The van der Waals surface area contributed by atoms with Crippen molar-refractivity contribution in [1.29, 1.82) is 0 Å². The Hall–Kier alpha value is -2.99. The number of benzene rings is 1. The Labute approximate surface area is 191 Å². The molecule has 0 bridgehead atoms. The Kier molecular flexibility index (Phi) is 6.15. The first-order valence-electron chi connectivity index (χ1n) is 10.0. The first-order valence-corrected chi connectivity index (χ1v) is 10.8. The van der Waals surface area contributed by atoms with Crippen molar-refractivity contribution in [3.8, 4) is 0 Å². The van der Waals surface area contributed by atoms with Gasteiger partial charge in [0, 0.05) is 44.7 Å². The molecule has 2 N–H and O–H groups in total. The summed E-state index contributed by atoms with van der Waals surface area (Å²) in [5, 5.41) is 11.2. The van der Waals surface area contributed by atoms with Gasteiger partial charge in [0.25, 0.3) is 5.91 Å². The normalized spacial score (nSPS) is 18.0.